The Bertz CT molecular complexity index is 638. The molecule has 0 radical (unpaired) electrons. The summed E-state index contributed by atoms with van der Waals surface area (Å²) in [6.07, 6.45) is 3.25. The van der Waals surface area contributed by atoms with E-state index in [-0.39, 0.29) is 5.24 Å². The van der Waals surface area contributed by atoms with Gasteiger partial charge in [-0.1, -0.05) is 57.5 Å². The van der Waals surface area contributed by atoms with Gasteiger partial charge in [-0.05, 0) is 53.4 Å². The molecule has 2 aromatic rings. The fourth-order valence-electron chi connectivity index (χ4n) is 2.45. The molecule has 0 unspecified atom stereocenters. The standard InChI is InChI=1S/C20H27NOS/c1-4-5-13-21(14-12-16(2)3)20(22)23-19-11-10-17-8-6-7-9-18(17)15-19/h6-11,15-16H,4-5,12-14H2,1-3H3. The Morgan fingerprint density at radius 2 is 1.83 bits per heavy atom. The fourth-order valence-corrected chi connectivity index (χ4v) is 3.29. The minimum Gasteiger partial charge on any atom is -0.333 e. The highest BCUT2D eigenvalue weighted by Crippen LogP contribution is 2.26. The number of benzene rings is 2. The average molecular weight is 330 g/mol. The van der Waals surface area contributed by atoms with E-state index in [9.17, 15) is 4.79 Å². The summed E-state index contributed by atoms with van der Waals surface area (Å²) in [4.78, 5) is 15.7. The second kappa shape index (κ2) is 8.97. The van der Waals surface area contributed by atoms with Gasteiger partial charge in [0.1, 0.15) is 0 Å². The number of carbonyl (C=O) groups is 1. The van der Waals surface area contributed by atoms with Gasteiger partial charge in [-0.25, -0.2) is 0 Å². The first-order valence-corrected chi connectivity index (χ1v) is 9.37. The van der Waals surface area contributed by atoms with E-state index >= 15 is 0 Å². The molecule has 0 aliphatic rings. The van der Waals surface area contributed by atoms with Crippen LogP contribution >= 0.6 is 11.8 Å². The molecular weight excluding hydrogens is 302 g/mol. The maximum atomic E-state index is 12.7. The van der Waals surface area contributed by atoms with Crippen molar-refractivity contribution < 1.29 is 4.79 Å². The van der Waals surface area contributed by atoms with Gasteiger partial charge in [-0.3, -0.25) is 4.79 Å². The van der Waals surface area contributed by atoms with E-state index in [0.717, 1.165) is 37.2 Å². The number of carbonyl (C=O) groups excluding carboxylic acids is 1. The van der Waals surface area contributed by atoms with Crippen LogP contribution in [0.2, 0.25) is 0 Å². The summed E-state index contributed by atoms with van der Waals surface area (Å²) >= 11 is 1.36. The zero-order chi connectivity index (χ0) is 16.7. The molecule has 0 bridgehead atoms. The topological polar surface area (TPSA) is 20.3 Å². The smallest absolute Gasteiger partial charge is 0.286 e. The van der Waals surface area contributed by atoms with Gasteiger partial charge in [-0.2, -0.15) is 0 Å². The molecule has 0 aromatic heterocycles. The van der Waals surface area contributed by atoms with E-state index in [2.05, 4.69) is 45.0 Å². The third-order valence-corrected chi connectivity index (χ3v) is 4.86. The summed E-state index contributed by atoms with van der Waals surface area (Å²) < 4.78 is 0. The van der Waals surface area contributed by atoms with Gasteiger partial charge < -0.3 is 4.90 Å². The molecule has 0 aliphatic heterocycles. The molecule has 0 N–H and O–H groups in total. The molecule has 0 saturated carbocycles. The monoisotopic (exact) mass is 329 g/mol. The van der Waals surface area contributed by atoms with Crippen molar-refractivity contribution in [3.63, 3.8) is 0 Å². The van der Waals surface area contributed by atoms with Crippen LogP contribution in [-0.4, -0.2) is 23.2 Å². The molecule has 0 fully saturated rings. The largest absolute Gasteiger partial charge is 0.333 e. The van der Waals surface area contributed by atoms with Crippen molar-refractivity contribution in [1.29, 1.82) is 0 Å². The fraction of sp³-hybridized carbons (Fsp3) is 0.450. The molecule has 2 aromatic carbocycles. The third kappa shape index (κ3) is 5.58. The molecule has 0 aliphatic carbocycles. The Balaban J connectivity index is 2.05. The van der Waals surface area contributed by atoms with E-state index in [4.69, 9.17) is 0 Å². The van der Waals surface area contributed by atoms with Crippen LogP contribution in [0, 0.1) is 5.92 Å². The maximum Gasteiger partial charge on any atom is 0.286 e. The van der Waals surface area contributed by atoms with Crippen LogP contribution in [0.4, 0.5) is 4.79 Å². The molecular formula is C20H27NOS. The maximum absolute atomic E-state index is 12.7. The molecule has 3 heteroatoms. The summed E-state index contributed by atoms with van der Waals surface area (Å²) in [5, 5.41) is 2.58. The molecule has 124 valence electrons. The third-order valence-electron chi connectivity index (χ3n) is 3.94. The second-order valence-corrected chi connectivity index (χ2v) is 7.42. The molecule has 0 spiro atoms. The van der Waals surface area contributed by atoms with Gasteiger partial charge in [0.2, 0.25) is 0 Å². The lowest BCUT2D eigenvalue weighted by Gasteiger charge is -2.23. The van der Waals surface area contributed by atoms with Crippen molar-refractivity contribution in [2.45, 2.75) is 44.9 Å². The molecule has 0 heterocycles. The minimum atomic E-state index is 0.175. The zero-order valence-electron chi connectivity index (χ0n) is 14.4. The predicted octanol–water partition coefficient (Wildman–Crippen LogP) is 6.20. The Kier molecular flexibility index (Phi) is 6.97. The van der Waals surface area contributed by atoms with Gasteiger partial charge in [0.05, 0.1) is 0 Å². The lowest BCUT2D eigenvalue weighted by Crippen LogP contribution is -2.30. The van der Waals surface area contributed by atoms with E-state index in [1.165, 1.54) is 22.5 Å². The van der Waals surface area contributed by atoms with Gasteiger partial charge in [0, 0.05) is 18.0 Å². The molecule has 0 atom stereocenters. The van der Waals surface area contributed by atoms with Crippen LogP contribution in [0.25, 0.3) is 10.8 Å². The zero-order valence-corrected chi connectivity index (χ0v) is 15.2. The van der Waals surface area contributed by atoms with Crippen molar-refractivity contribution in [2.24, 2.45) is 5.92 Å². The van der Waals surface area contributed by atoms with Crippen molar-refractivity contribution in [1.82, 2.24) is 4.90 Å². The number of nitrogens with zero attached hydrogens (tertiary/aromatic N) is 1. The van der Waals surface area contributed by atoms with Gasteiger partial charge >= 0.3 is 0 Å². The predicted molar refractivity (Wildman–Crippen MR) is 101 cm³/mol. The SMILES string of the molecule is CCCCN(CCC(C)C)C(=O)Sc1ccc2ccccc2c1. The summed E-state index contributed by atoms with van der Waals surface area (Å²) in [6, 6.07) is 14.5. The summed E-state index contributed by atoms with van der Waals surface area (Å²) in [5.41, 5.74) is 0. The number of hydrogen-bond acceptors (Lipinski definition) is 2. The van der Waals surface area contributed by atoms with Gasteiger partial charge in [0.15, 0.2) is 0 Å². The van der Waals surface area contributed by atoms with Crippen LogP contribution in [0.5, 0.6) is 0 Å². The molecule has 23 heavy (non-hydrogen) atoms. The molecule has 0 saturated heterocycles. The highest BCUT2D eigenvalue weighted by Gasteiger charge is 2.15. The van der Waals surface area contributed by atoms with E-state index in [1.54, 1.807) is 0 Å². The van der Waals surface area contributed by atoms with E-state index < -0.39 is 0 Å². The Labute approximate surface area is 144 Å². The van der Waals surface area contributed by atoms with E-state index in [1.807, 2.05) is 23.1 Å². The van der Waals surface area contributed by atoms with Crippen molar-refractivity contribution in [3.8, 4) is 0 Å². The highest BCUT2D eigenvalue weighted by molar-refractivity contribution is 8.13. The summed E-state index contributed by atoms with van der Waals surface area (Å²) in [5.74, 6) is 0.623. The van der Waals surface area contributed by atoms with Crippen LogP contribution in [-0.2, 0) is 0 Å². The van der Waals surface area contributed by atoms with Gasteiger partial charge in [-0.15, -0.1) is 0 Å². The lowest BCUT2D eigenvalue weighted by molar-refractivity contribution is 0.218. The van der Waals surface area contributed by atoms with Crippen molar-refractivity contribution in [2.75, 3.05) is 13.1 Å². The number of thioether (sulfide) groups is 1. The first-order chi connectivity index (χ1) is 11.1. The Morgan fingerprint density at radius 1 is 1.09 bits per heavy atom. The van der Waals surface area contributed by atoms with Crippen LogP contribution in [0.3, 0.4) is 0 Å². The first kappa shape index (κ1) is 17.9. The summed E-state index contributed by atoms with van der Waals surface area (Å²) in [7, 11) is 0. The normalized spacial score (nSPS) is 11.1. The number of hydrogen-bond donors (Lipinski definition) is 0. The van der Waals surface area contributed by atoms with Crippen LogP contribution < -0.4 is 0 Å². The van der Waals surface area contributed by atoms with Crippen molar-refractivity contribution >= 4 is 27.8 Å². The lowest BCUT2D eigenvalue weighted by atomic mass is 10.1. The molecule has 1 amide bonds. The number of rotatable bonds is 7. The number of fused-ring (bicyclic) bond motifs is 1. The summed E-state index contributed by atoms with van der Waals surface area (Å²) in [6.45, 7) is 8.30. The molecule has 2 rings (SSSR count). The van der Waals surface area contributed by atoms with Crippen LogP contribution in [0.1, 0.15) is 40.0 Å². The second-order valence-electron chi connectivity index (χ2n) is 6.40. The highest BCUT2D eigenvalue weighted by atomic mass is 32.2. The Morgan fingerprint density at radius 3 is 2.52 bits per heavy atom. The van der Waals surface area contributed by atoms with E-state index in [0.29, 0.717) is 5.92 Å². The van der Waals surface area contributed by atoms with Gasteiger partial charge in [0.25, 0.3) is 5.24 Å². The number of amides is 1. The van der Waals surface area contributed by atoms with Crippen LogP contribution in [0.15, 0.2) is 47.4 Å². The average Bonchev–Trinajstić information content (AvgIpc) is 2.54. The quantitative estimate of drug-likeness (QED) is 0.564. The Hall–Kier alpha value is -1.48. The minimum absolute atomic E-state index is 0.175. The molecule has 2 nitrogen and oxygen atoms in total. The first-order valence-electron chi connectivity index (χ1n) is 8.55. The number of unbranched alkanes of at least 4 members (excludes halogenated alkanes) is 1. The van der Waals surface area contributed by atoms with Crippen molar-refractivity contribution in [3.05, 3.63) is 42.5 Å².